The molecule has 0 aromatic rings. The zero-order chi connectivity index (χ0) is 9.20. The topological polar surface area (TPSA) is 40.5 Å². The first-order chi connectivity index (χ1) is 5.31. The second-order valence-corrected chi connectivity index (χ2v) is 5.30. The predicted octanol–water partition coefficient (Wildman–Crippen LogP) is 1.31. The molecule has 3 aliphatic carbocycles. The molecule has 0 aliphatic heterocycles. The van der Waals surface area contributed by atoms with Crippen LogP contribution in [0.3, 0.4) is 0 Å². The lowest BCUT2D eigenvalue weighted by Gasteiger charge is -2.68. The summed E-state index contributed by atoms with van der Waals surface area (Å²) in [4.78, 5) is 0. The molecule has 3 saturated carbocycles. The zero-order valence-corrected chi connectivity index (χ0v) is 8.09. The van der Waals surface area contributed by atoms with Gasteiger partial charge in [0.25, 0.3) is 0 Å². The largest absolute Gasteiger partial charge is 0.387 e. The van der Waals surface area contributed by atoms with Gasteiger partial charge in [-0.05, 0) is 37.5 Å². The molecule has 3 rings (SSSR count). The van der Waals surface area contributed by atoms with E-state index >= 15 is 0 Å². The Bertz CT molecular complexity index is 210. The van der Waals surface area contributed by atoms with Crippen LogP contribution in [-0.4, -0.2) is 21.4 Å². The zero-order valence-electron chi connectivity index (χ0n) is 8.09. The number of aliphatic hydroxyl groups is 2. The average molecular weight is 170 g/mol. The highest BCUT2D eigenvalue weighted by atomic mass is 16.4. The minimum absolute atomic E-state index is 0.0885. The Morgan fingerprint density at radius 3 is 2.08 bits per heavy atom. The molecule has 70 valence electrons. The van der Waals surface area contributed by atoms with E-state index in [9.17, 15) is 10.2 Å². The maximum Gasteiger partial charge on any atom is 0.0986 e. The highest BCUT2D eigenvalue weighted by Gasteiger charge is 2.69. The van der Waals surface area contributed by atoms with Gasteiger partial charge in [0.2, 0.25) is 0 Å². The van der Waals surface area contributed by atoms with Crippen LogP contribution in [-0.2, 0) is 0 Å². The third-order valence-electron chi connectivity index (χ3n) is 4.50. The van der Waals surface area contributed by atoms with Crippen LogP contribution in [0.15, 0.2) is 0 Å². The Morgan fingerprint density at radius 2 is 1.75 bits per heavy atom. The van der Waals surface area contributed by atoms with Crippen LogP contribution in [0.2, 0.25) is 0 Å². The molecule has 0 heterocycles. The van der Waals surface area contributed by atoms with Crippen molar-refractivity contribution in [3.05, 3.63) is 0 Å². The smallest absolute Gasteiger partial charge is 0.0986 e. The van der Waals surface area contributed by atoms with Crippen molar-refractivity contribution < 1.29 is 10.2 Å². The second kappa shape index (κ2) is 1.88. The minimum atomic E-state index is -0.870. The van der Waals surface area contributed by atoms with Crippen molar-refractivity contribution in [3.8, 4) is 0 Å². The lowest BCUT2D eigenvalue weighted by Crippen LogP contribution is -2.74. The number of rotatable bonds is 0. The van der Waals surface area contributed by atoms with E-state index in [0.717, 1.165) is 19.3 Å². The summed E-state index contributed by atoms with van der Waals surface area (Å²) >= 11 is 0. The van der Waals surface area contributed by atoms with Gasteiger partial charge < -0.3 is 10.2 Å². The van der Waals surface area contributed by atoms with E-state index in [-0.39, 0.29) is 5.41 Å². The minimum Gasteiger partial charge on any atom is -0.387 e. The van der Waals surface area contributed by atoms with E-state index in [1.54, 1.807) is 6.92 Å². The molecule has 0 amide bonds. The molecule has 0 radical (unpaired) electrons. The third kappa shape index (κ3) is 0.647. The Kier molecular flexibility index (Phi) is 1.33. The Balaban J connectivity index is 2.37. The Labute approximate surface area is 73.6 Å². The Morgan fingerprint density at radius 1 is 1.17 bits per heavy atom. The molecular weight excluding hydrogens is 152 g/mol. The number of fused-ring (bicyclic) bond motifs is 2. The SMILES string of the molecule is CC1(C)[C@H]2CC[C@@](C)(O)[C@]1(O)C2. The number of hydrogen-bond acceptors (Lipinski definition) is 2. The maximum atomic E-state index is 10.2. The summed E-state index contributed by atoms with van der Waals surface area (Å²) in [5.74, 6) is 0.614. The van der Waals surface area contributed by atoms with Crippen LogP contribution in [0.4, 0.5) is 0 Å². The van der Waals surface area contributed by atoms with E-state index < -0.39 is 11.2 Å². The van der Waals surface area contributed by atoms with E-state index in [0.29, 0.717) is 5.92 Å². The van der Waals surface area contributed by atoms with Gasteiger partial charge in [-0.2, -0.15) is 0 Å². The van der Waals surface area contributed by atoms with Crippen LogP contribution in [0.1, 0.15) is 40.0 Å². The van der Waals surface area contributed by atoms with Crippen molar-refractivity contribution in [1.82, 2.24) is 0 Å². The molecule has 2 bridgehead atoms. The van der Waals surface area contributed by atoms with Gasteiger partial charge in [-0.25, -0.2) is 0 Å². The molecule has 2 N–H and O–H groups in total. The lowest BCUT2D eigenvalue weighted by molar-refractivity contribution is -0.312. The van der Waals surface area contributed by atoms with E-state index in [4.69, 9.17) is 0 Å². The average Bonchev–Trinajstić information content (AvgIpc) is 1.94. The van der Waals surface area contributed by atoms with Crippen LogP contribution < -0.4 is 0 Å². The quantitative estimate of drug-likeness (QED) is 0.575. The summed E-state index contributed by atoms with van der Waals surface area (Å²) in [7, 11) is 0. The standard InChI is InChI=1S/C10H18O2/c1-8(2)7-4-5-9(3,11)10(8,12)6-7/h7,11-12H,4-6H2,1-3H3/t7-,9+,10-/m0/s1. The second-order valence-electron chi connectivity index (χ2n) is 5.30. The van der Waals surface area contributed by atoms with Crippen LogP contribution in [0, 0.1) is 11.3 Å². The fourth-order valence-corrected chi connectivity index (χ4v) is 3.12. The molecule has 3 atom stereocenters. The van der Waals surface area contributed by atoms with Crippen molar-refractivity contribution in [2.75, 3.05) is 0 Å². The van der Waals surface area contributed by atoms with Crippen LogP contribution in [0.5, 0.6) is 0 Å². The van der Waals surface area contributed by atoms with Gasteiger partial charge in [0.15, 0.2) is 0 Å². The summed E-state index contributed by atoms with van der Waals surface area (Å²) in [6.07, 6.45) is 2.59. The van der Waals surface area contributed by atoms with Crippen LogP contribution in [0.25, 0.3) is 0 Å². The van der Waals surface area contributed by atoms with E-state index in [1.807, 2.05) is 0 Å². The van der Waals surface area contributed by atoms with Gasteiger partial charge in [-0.1, -0.05) is 13.8 Å². The van der Waals surface area contributed by atoms with Crippen molar-refractivity contribution in [3.63, 3.8) is 0 Å². The molecule has 2 nitrogen and oxygen atoms in total. The summed E-state index contributed by atoms with van der Waals surface area (Å²) in [6.45, 7) is 5.90. The first-order valence-electron chi connectivity index (χ1n) is 4.76. The Hall–Kier alpha value is -0.0800. The van der Waals surface area contributed by atoms with Crippen LogP contribution >= 0.6 is 0 Å². The third-order valence-corrected chi connectivity index (χ3v) is 4.50. The molecule has 0 saturated heterocycles. The van der Waals surface area contributed by atoms with Crippen molar-refractivity contribution in [2.24, 2.45) is 11.3 Å². The van der Waals surface area contributed by atoms with Gasteiger partial charge in [-0.3, -0.25) is 0 Å². The molecule has 0 aromatic carbocycles. The van der Waals surface area contributed by atoms with Gasteiger partial charge >= 0.3 is 0 Å². The number of hydrogen-bond donors (Lipinski definition) is 2. The van der Waals surface area contributed by atoms with Gasteiger partial charge in [-0.15, -0.1) is 0 Å². The van der Waals surface area contributed by atoms with E-state index in [1.165, 1.54) is 0 Å². The van der Waals surface area contributed by atoms with Crippen molar-refractivity contribution in [2.45, 2.75) is 51.2 Å². The monoisotopic (exact) mass is 170 g/mol. The molecule has 0 aromatic heterocycles. The highest BCUT2D eigenvalue weighted by molar-refractivity contribution is 5.20. The van der Waals surface area contributed by atoms with Gasteiger partial charge in [0.05, 0.1) is 11.2 Å². The van der Waals surface area contributed by atoms with Gasteiger partial charge in [0, 0.05) is 0 Å². The van der Waals surface area contributed by atoms with E-state index in [2.05, 4.69) is 13.8 Å². The summed E-state index contributed by atoms with van der Waals surface area (Å²) in [5, 5.41) is 20.3. The fraction of sp³-hybridized carbons (Fsp3) is 1.00. The molecule has 0 spiro atoms. The highest BCUT2D eigenvalue weighted by Crippen LogP contribution is 2.65. The lowest BCUT2D eigenvalue weighted by atomic mass is 9.41. The summed E-state index contributed by atoms with van der Waals surface area (Å²) in [6, 6.07) is 0. The molecule has 3 aliphatic rings. The first-order valence-corrected chi connectivity index (χ1v) is 4.76. The first kappa shape index (κ1) is 8.52. The molecule has 2 heteroatoms. The van der Waals surface area contributed by atoms with Gasteiger partial charge in [0.1, 0.15) is 0 Å². The fourth-order valence-electron chi connectivity index (χ4n) is 3.12. The van der Waals surface area contributed by atoms with Crippen molar-refractivity contribution in [1.29, 1.82) is 0 Å². The normalized spacial score (nSPS) is 56.2. The van der Waals surface area contributed by atoms with Crippen molar-refractivity contribution >= 4 is 0 Å². The predicted molar refractivity (Wildman–Crippen MR) is 46.7 cm³/mol. The summed E-state index contributed by atoms with van der Waals surface area (Å²) < 4.78 is 0. The maximum absolute atomic E-state index is 10.2. The molecule has 0 unspecified atom stereocenters. The molecule has 3 fully saturated rings. The molecule has 12 heavy (non-hydrogen) atoms. The summed E-state index contributed by atoms with van der Waals surface area (Å²) in [5.41, 5.74) is -1.79. The molecular formula is C10H18O2.